The highest BCUT2D eigenvalue weighted by Gasteiger charge is 2.02. The van der Waals surface area contributed by atoms with Crippen molar-refractivity contribution < 1.29 is 0 Å². The van der Waals surface area contributed by atoms with Crippen LogP contribution in [0.1, 0.15) is 22.3 Å². The first-order valence-electron chi connectivity index (χ1n) is 5.98. The summed E-state index contributed by atoms with van der Waals surface area (Å²) in [5, 5.41) is 3.47. The van der Waals surface area contributed by atoms with Gasteiger partial charge in [0.05, 0.1) is 0 Å². The van der Waals surface area contributed by atoms with Gasteiger partial charge in [-0.25, -0.2) is 0 Å². The van der Waals surface area contributed by atoms with Crippen molar-refractivity contribution in [2.45, 2.75) is 27.7 Å². The van der Waals surface area contributed by atoms with Crippen LogP contribution in [-0.2, 0) is 0 Å². The second-order valence-electron chi connectivity index (χ2n) is 4.74. The van der Waals surface area contributed by atoms with Crippen LogP contribution in [0, 0.1) is 27.7 Å². The summed E-state index contributed by atoms with van der Waals surface area (Å²) in [6, 6.07) is 12.9. The van der Waals surface area contributed by atoms with Crippen molar-refractivity contribution in [3.05, 3.63) is 58.7 Å². The van der Waals surface area contributed by atoms with Gasteiger partial charge in [-0.3, -0.25) is 0 Å². The van der Waals surface area contributed by atoms with E-state index in [4.69, 9.17) is 0 Å². The van der Waals surface area contributed by atoms with Crippen molar-refractivity contribution in [3.8, 4) is 0 Å². The van der Waals surface area contributed by atoms with Gasteiger partial charge in [-0.2, -0.15) is 0 Å². The fourth-order valence-corrected chi connectivity index (χ4v) is 1.89. The van der Waals surface area contributed by atoms with E-state index in [9.17, 15) is 0 Å². The lowest BCUT2D eigenvalue weighted by molar-refractivity contribution is 1.29. The van der Waals surface area contributed by atoms with Crippen molar-refractivity contribution in [3.63, 3.8) is 0 Å². The van der Waals surface area contributed by atoms with Crippen LogP contribution in [0.15, 0.2) is 36.4 Å². The quantitative estimate of drug-likeness (QED) is 0.783. The summed E-state index contributed by atoms with van der Waals surface area (Å²) < 4.78 is 0. The number of rotatable bonds is 2. The second kappa shape index (κ2) is 4.62. The maximum atomic E-state index is 3.47. The molecule has 0 aliphatic carbocycles. The predicted octanol–water partition coefficient (Wildman–Crippen LogP) is 4.66. The SMILES string of the molecule is Cc1ccc(Nc2cc(C)c(C)cc2C)cc1. The smallest absolute Gasteiger partial charge is 0.0416 e. The van der Waals surface area contributed by atoms with Crippen molar-refractivity contribution in [1.82, 2.24) is 0 Å². The van der Waals surface area contributed by atoms with E-state index in [1.807, 2.05) is 0 Å². The minimum absolute atomic E-state index is 1.14. The normalized spacial score (nSPS) is 10.4. The Hall–Kier alpha value is -1.76. The highest BCUT2D eigenvalue weighted by atomic mass is 14.9. The zero-order valence-electron chi connectivity index (χ0n) is 11.0. The molecule has 1 heteroatoms. The molecule has 0 saturated heterocycles. The van der Waals surface area contributed by atoms with E-state index in [2.05, 4.69) is 69.4 Å². The number of benzene rings is 2. The average Bonchev–Trinajstić information content (AvgIpc) is 2.29. The Morgan fingerprint density at radius 3 is 1.94 bits per heavy atom. The summed E-state index contributed by atoms with van der Waals surface area (Å²) in [6.07, 6.45) is 0. The molecule has 0 aliphatic heterocycles. The molecule has 0 amide bonds. The summed E-state index contributed by atoms with van der Waals surface area (Å²) in [6.45, 7) is 8.54. The average molecular weight is 225 g/mol. The second-order valence-corrected chi connectivity index (χ2v) is 4.74. The summed E-state index contributed by atoms with van der Waals surface area (Å²) in [5.74, 6) is 0. The van der Waals surface area contributed by atoms with Crippen LogP contribution in [0.3, 0.4) is 0 Å². The van der Waals surface area contributed by atoms with E-state index in [1.54, 1.807) is 0 Å². The zero-order chi connectivity index (χ0) is 12.4. The molecule has 0 fully saturated rings. The Morgan fingerprint density at radius 1 is 0.706 bits per heavy atom. The minimum atomic E-state index is 1.14. The van der Waals surface area contributed by atoms with Gasteiger partial charge in [0.15, 0.2) is 0 Å². The summed E-state index contributed by atoms with van der Waals surface area (Å²) in [4.78, 5) is 0. The van der Waals surface area contributed by atoms with E-state index in [-0.39, 0.29) is 0 Å². The summed E-state index contributed by atoms with van der Waals surface area (Å²) in [7, 11) is 0. The lowest BCUT2D eigenvalue weighted by Gasteiger charge is -2.12. The molecule has 88 valence electrons. The molecule has 1 nitrogen and oxygen atoms in total. The number of hydrogen-bond donors (Lipinski definition) is 1. The minimum Gasteiger partial charge on any atom is -0.355 e. The molecule has 1 N–H and O–H groups in total. The Bertz CT molecular complexity index is 524. The van der Waals surface area contributed by atoms with Crippen LogP contribution >= 0.6 is 0 Å². The van der Waals surface area contributed by atoms with Gasteiger partial charge in [0.2, 0.25) is 0 Å². The van der Waals surface area contributed by atoms with Gasteiger partial charge in [0.1, 0.15) is 0 Å². The number of anilines is 2. The Morgan fingerprint density at radius 2 is 1.29 bits per heavy atom. The van der Waals surface area contributed by atoms with E-state index < -0.39 is 0 Å². The predicted molar refractivity (Wildman–Crippen MR) is 75.1 cm³/mol. The highest BCUT2D eigenvalue weighted by molar-refractivity contribution is 5.64. The Labute approximate surface area is 103 Å². The molecule has 0 heterocycles. The Balaban J connectivity index is 2.30. The van der Waals surface area contributed by atoms with Crippen LogP contribution in [0.4, 0.5) is 11.4 Å². The van der Waals surface area contributed by atoms with E-state index >= 15 is 0 Å². The molecule has 0 saturated carbocycles. The molecule has 0 atom stereocenters. The van der Waals surface area contributed by atoms with Crippen LogP contribution < -0.4 is 5.32 Å². The molecule has 0 spiro atoms. The van der Waals surface area contributed by atoms with Gasteiger partial charge in [0, 0.05) is 11.4 Å². The Kier molecular flexibility index (Phi) is 3.19. The highest BCUT2D eigenvalue weighted by Crippen LogP contribution is 2.24. The topological polar surface area (TPSA) is 12.0 Å². The fourth-order valence-electron chi connectivity index (χ4n) is 1.89. The molecule has 2 aromatic rings. The number of hydrogen-bond acceptors (Lipinski definition) is 1. The van der Waals surface area contributed by atoms with Gasteiger partial charge in [-0.1, -0.05) is 23.8 Å². The summed E-state index contributed by atoms with van der Waals surface area (Å²) in [5.41, 5.74) is 7.57. The van der Waals surface area contributed by atoms with Gasteiger partial charge in [-0.15, -0.1) is 0 Å². The molecule has 0 aliphatic rings. The van der Waals surface area contributed by atoms with Crippen LogP contribution in [-0.4, -0.2) is 0 Å². The van der Waals surface area contributed by atoms with Crippen molar-refractivity contribution in [2.24, 2.45) is 0 Å². The molecular weight excluding hydrogens is 206 g/mol. The lowest BCUT2D eigenvalue weighted by atomic mass is 10.0. The molecule has 0 radical (unpaired) electrons. The molecule has 2 aromatic carbocycles. The first kappa shape index (κ1) is 11.7. The van der Waals surface area contributed by atoms with Crippen LogP contribution in [0.5, 0.6) is 0 Å². The molecular formula is C16H19N. The largest absolute Gasteiger partial charge is 0.355 e. The van der Waals surface area contributed by atoms with Gasteiger partial charge in [0.25, 0.3) is 0 Å². The van der Waals surface area contributed by atoms with Crippen molar-refractivity contribution in [1.29, 1.82) is 0 Å². The first-order valence-corrected chi connectivity index (χ1v) is 5.98. The van der Waals surface area contributed by atoms with Crippen LogP contribution in [0.25, 0.3) is 0 Å². The fraction of sp³-hybridized carbons (Fsp3) is 0.250. The number of nitrogens with one attached hydrogen (secondary N) is 1. The third-order valence-electron chi connectivity index (χ3n) is 3.17. The van der Waals surface area contributed by atoms with E-state index in [0.717, 1.165) is 5.69 Å². The van der Waals surface area contributed by atoms with Crippen molar-refractivity contribution >= 4 is 11.4 Å². The maximum absolute atomic E-state index is 3.47. The van der Waals surface area contributed by atoms with Gasteiger partial charge < -0.3 is 5.32 Å². The van der Waals surface area contributed by atoms with E-state index in [0.29, 0.717) is 0 Å². The molecule has 0 aromatic heterocycles. The van der Waals surface area contributed by atoms with Gasteiger partial charge in [-0.05, 0) is 62.6 Å². The molecule has 0 unspecified atom stereocenters. The number of aryl methyl sites for hydroxylation is 4. The van der Waals surface area contributed by atoms with E-state index in [1.165, 1.54) is 27.9 Å². The lowest BCUT2D eigenvalue weighted by Crippen LogP contribution is -1.95. The molecule has 17 heavy (non-hydrogen) atoms. The van der Waals surface area contributed by atoms with Gasteiger partial charge >= 0.3 is 0 Å². The molecule has 2 rings (SSSR count). The maximum Gasteiger partial charge on any atom is 0.0416 e. The molecule has 0 bridgehead atoms. The third kappa shape index (κ3) is 2.68. The monoisotopic (exact) mass is 225 g/mol. The standard InChI is InChI=1S/C16H19N/c1-11-5-7-15(8-6-11)17-16-10-13(3)12(2)9-14(16)4/h5-10,17H,1-4H3. The van der Waals surface area contributed by atoms with Crippen LogP contribution in [0.2, 0.25) is 0 Å². The zero-order valence-corrected chi connectivity index (χ0v) is 11.0. The first-order chi connectivity index (χ1) is 8.06. The third-order valence-corrected chi connectivity index (χ3v) is 3.17. The van der Waals surface area contributed by atoms with Crippen molar-refractivity contribution in [2.75, 3.05) is 5.32 Å². The summed E-state index contributed by atoms with van der Waals surface area (Å²) >= 11 is 0.